The second kappa shape index (κ2) is 8.33. The largest absolute Gasteiger partial charge is 0.397 e. The molecule has 1 aliphatic heterocycles. The van der Waals surface area contributed by atoms with Gasteiger partial charge in [0.1, 0.15) is 0 Å². The van der Waals surface area contributed by atoms with E-state index in [9.17, 15) is 4.79 Å². The number of amides is 1. The number of rotatable bonds is 5. The van der Waals surface area contributed by atoms with E-state index in [1.807, 2.05) is 36.4 Å². The number of carbonyl (C=O) groups is 1. The van der Waals surface area contributed by atoms with Crippen molar-refractivity contribution in [1.82, 2.24) is 4.90 Å². The van der Waals surface area contributed by atoms with Crippen molar-refractivity contribution in [2.45, 2.75) is 13.5 Å². The van der Waals surface area contributed by atoms with Crippen LogP contribution in [0.4, 0.5) is 11.4 Å². The Morgan fingerprint density at radius 3 is 2.52 bits per heavy atom. The highest BCUT2D eigenvalue weighted by Gasteiger charge is 2.19. The van der Waals surface area contributed by atoms with Gasteiger partial charge in [-0.05, 0) is 47.9 Å². The molecule has 0 saturated carbocycles. The molecule has 0 spiro atoms. The lowest BCUT2D eigenvalue weighted by molar-refractivity contribution is 0.102. The molecule has 0 atom stereocenters. The highest BCUT2D eigenvalue weighted by atomic mass is 16.1. The Morgan fingerprint density at radius 2 is 1.79 bits per heavy atom. The van der Waals surface area contributed by atoms with Crippen LogP contribution in [0.2, 0.25) is 0 Å². The van der Waals surface area contributed by atoms with Crippen molar-refractivity contribution in [2.24, 2.45) is 0 Å². The molecule has 0 aromatic heterocycles. The van der Waals surface area contributed by atoms with Crippen molar-refractivity contribution in [3.05, 3.63) is 101 Å². The van der Waals surface area contributed by atoms with Gasteiger partial charge >= 0.3 is 0 Å². The molecule has 0 aliphatic carbocycles. The minimum Gasteiger partial charge on any atom is -0.397 e. The number of benzene rings is 3. The molecule has 1 fully saturated rings. The zero-order valence-corrected chi connectivity index (χ0v) is 16.6. The minimum absolute atomic E-state index is 0.157. The molecule has 3 aromatic rings. The molecule has 146 valence electrons. The van der Waals surface area contributed by atoms with Gasteiger partial charge in [-0.3, -0.25) is 9.69 Å². The van der Waals surface area contributed by atoms with Crippen molar-refractivity contribution in [3.63, 3.8) is 0 Å². The lowest BCUT2D eigenvalue weighted by atomic mass is 10.0. The van der Waals surface area contributed by atoms with Crippen LogP contribution >= 0.6 is 0 Å². The molecule has 3 aromatic carbocycles. The van der Waals surface area contributed by atoms with Crippen molar-refractivity contribution in [2.75, 3.05) is 24.1 Å². The predicted octanol–water partition coefficient (Wildman–Crippen LogP) is 4.73. The molecular weight excluding hydrogens is 358 g/mol. The Bertz CT molecular complexity index is 1050. The van der Waals surface area contributed by atoms with E-state index in [0.717, 1.165) is 25.2 Å². The molecule has 29 heavy (non-hydrogen) atoms. The summed E-state index contributed by atoms with van der Waals surface area (Å²) in [5.74, 6) is -0.157. The Balaban J connectivity index is 1.33. The normalized spacial score (nSPS) is 13.6. The SMILES string of the molecule is Cc1cccc(CN2CC(=Cc3ccc(C(=O)Nc4ccccc4N)cc3)C2)c1. The van der Waals surface area contributed by atoms with Crippen molar-refractivity contribution in [3.8, 4) is 0 Å². The fraction of sp³-hybridized carbons (Fsp3) is 0.160. The van der Waals surface area contributed by atoms with E-state index in [2.05, 4.69) is 47.5 Å². The number of nitrogens with zero attached hydrogens (tertiary/aromatic N) is 1. The van der Waals surface area contributed by atoms with Gasteiger partial charge in [0.2, 0.25) is 0 Å². The molecule has 0 unspecified atom stereocenters. The van der Waals surface area contributed by atoms with Crippen molar-refractivity contribution < 1.29 is 4.79 Å². The lowest BCUT2D eigenvalue weighted by Crippen LogP contribution is -2.39. The average molecular weight is 383 g/mol. The zero-order chi connectivity index (χ0) is 20.2. The quantitative estimate of drug-likeness (QED) is 0.626. The van der Waals surface area contributed by atoms with Crippen LogP contribution in [0.3, 0.4) is 0 Å². The van der Waals surface area contributed by atoms with Gasteiger partial charge in [0.25, 0.3) is 5.91 Å². The van der Waals surface area contributed by atoms with Gasteiger partial charge in [0.15, 0.2) is 0 Å². The zero-order valence-electron chi connectivity index (χ0n) is 16.6. The molecule has 4 rings (SSSR count). The van der Waals surface area contributed by atoms with Gasteiger partial charge in [-0.25, -0.2) is 0 Å². The molecule has 0 bridgehead atoms. The van der Waals surface area contributed by atoms with E-state index in [1.54, 1.807) is 12.1 Å². The molecule has 1 heterocycles. The summed E-state index contributed by atoms with van der Waals surface area (Å²) in [5.41, 5.74) is 12.9. The van der Waals surface area contributed by atoms with Gasteiger partial charge in [-0.15, -0.1) is 0 Å². The van der Waals surface area contributed by atoms with E-state index in [0.29, 0.717) is 16.9 Å². The number of nitrogens with one attached hydrogen (secondary N) is 1. The van der Waals surface area contributed by atoms with Crippen LogP contribution in [0.5, 0.6) is 0 Å². The van der Waals surface area contributed by atoms with Gasteiger partial charge in [-0.2, -0.15) is 0 Å². The Kier molecular flexibility index (Phi) is 5.45. The topological polar surface area (TPSA) is 58.4 Å². The molecule has 1 amide bonds. The van der Waals surface area contributed by atoms with Crippen LogP contribution in [-0.4, -0.2) is 23.9 Å². The van der Waals surface area contributed by atoms with Gasteiger partial charge in [0.05, 0.1) is 11.4 Å². The fourth-order valence-electron chi connectivity index (χ4n) is 3.57. The summed E-state index contributed by atoms with van der Waals surface area (Å²) >= 11 is 0. The Hall–Kier alpha value is -3.37. The number of hydrogen-bond donors (Lipinski definition) is 2. The number of likely N-dealkylation sites (tertiary alicyclic amines) is 1. The molecule has 1 saturated heterocycles. The molecule has 4 nitrogen and oxygen atoms in total. The van der Waals surface area contributed by atoms with Crippen LogP contribution < -0.4 is 11.1 Å². The first kappa shape index (κ1) is 19.0. The van der Waals surface area contributed by atoms with Crippen molar-refractivity contribution in [1.29, 1.82) is 0 Å². The first-order valence-corrected chi connectivity index (χ1v) is 9.80. The van der Waals surface area contributed by atoms with Crippen LogP contribution in [0.25, 0.3) is 6.08 Å². The summed E-state index contributed by atoms with van der Waals surface area (Å²) in [6.07, 6.45) is 2.21. The van der Waals surface area contributed by atoms with E-state index in [1.165, 1.54) is 16.7 Å². The number of para-hydroxylation sites is 2. The number of nitrogens with two attached hydrogens (primary N) is 1. The molecule has 4 heteroatoms. The van der Waals surface area contributed by atoms with Crippen LogP contribution in [0.15, 0.2) is 78.4 Å². The number of aryl methyl sites for hydroxylation is 1. The Morgan fingerprint density at radius 1 is 1.03 bits per heavy atom. The molecular formula is C25H25N3O. The molecule has 3 N–H and O–H groups in total. The average Bonchev–Trinajstić information content (AvgIpc) is 2.68. The maximum absolute atomic E-state index is 12.4. The number of nitrogen functional groups attached to an aromatic ring is 1. The lowest BCUT2D eigenvalue weighted by Gasteiger charge is -2.34. The monoisotopic (exact) mass is 383 g/mol. The summed E-state index contributed by atoms with van der Waals surface area (Å²) < 4.78 is 0. The smallest absolute Gasteiger partial charge is 0.255 e. The first-order valence-electron chi connectivity index (χ1n) is 9.80. The van der Waals surface area contributed by atoms with Gasteiger partial charge < -0.3 is 11.1 Å². The third-order valence-electron chi connectivity index (χ3n) is 5.09. The highest BCUT2D eigenvalue weighted by Crippen LogP contribution is 2.22. The van der Waals surface area contributed by atoms with Crippen LogP contribution in [-0.2, 0) is 6.54 Å². The fourth-order valence-corrected chi connectivity index (χ4v) is 3.57. The summed E-state index contributed by atoms with van der Waals surface area (Å²) in [6, 6.07) is 23.6. The number of anilines is 2. The summed E-state index contributed by atoms with van der Waals surface area (Å²) in [4.78, 5) is 14.8. The number of hydrogen-bond acceptors (Lipinski definition) is 3. The number of carbonyl (C=O) groups excluding carboxylic acids is 1. The minimum atomic E-state index is -0.157. The van der Waals surface area contributed by atoms with E-state index in [-0.39, 0.29) is 5.91 Å². The Labute approximate surface area is 171 Å². The third kappa shape index (κ3) is 4.73. The van der Waals surface area contributed by atoms with E-state index < -0.39 is 0 Å². The maximum Gasteiger partial charge on any atom is 0.255 e. The van der Waals surface area contributed by atoms with E-state index in [4.69, 9.17) is 5.73 Å². The summed E-state index contributed by atoms with van der Waals surface area (Å²) in [5, 5.41) is 2.86. The summed E-state index contributed by atoms with van der Waals surface area (Å²) in [7, 11) is 0. The van der Waals surface area contributed by atoms with Crippen LogP contribution in [0.1, 0.15) is 27.0 Å². The summed E-state index contributed by atoms with van der Waals surface area (Å²) in [6.45, 7) is 5.09. The van der Waals surface area contributed by atoms with E-state index >= 15 is 0 Å². The second-order valence-electron chi connectivity index (χ2n) is 7.60. The maximum atomic E-state index is 12.4. The molecule has 1 aliphatic rings. The standard InChI is InChI=1S/C25H25N3O/c1-18-5-4-6-20(13-18)15-28-16-21(17-28)14-19-9-11-22(12-10-19)25(29)27-24-8-3-2-7-23(24)26/h2-14H,15-17,26H2,1H3,(H,27,29). The highest BCUT2D eigenvalue weighted by molar-refractivity contribution is 6.05. The third-order valence-corrected chi connectivity index (χ3v) is 5.09. The predicted molar refractivity (Wildman–Crippen MR) is 120 cm³/mol. The molecule has 0 radical (unpaired) electrons. The second-order valence-corrected chi connectivity index (χ2v) is 7.60. The van der Waals surface area contributed by atoms with Gasteiger partial charge in [0, 0.05) is 25.2 Å². The van der Waals surface area contributed by atoms with Crippen molar-refractivity contribution >= 4 is 23.4 Å². The van der Waals surface area contributed by atoms with Crippen LogP contribution in [0, 0.1) is 6.92 Å². The van der Waals surface area contributed by atoms with Gasteiger partial charge in [-0.1, -0.05) is 60.2 Å². The first-order chi connectivity index (χ1) is 14.1.